The highest BCUT2D eigenvalue weighted by Gasteiger charge is 2.50. The van der Waals surface area contributed by atoms with Crippen molar-refractivity contribution in [3.05, 3.63) is 179 Å². The van der Waals surface area contributed by atoms with Crippen LogP contribution in [0.4, 0.5) is 0 Å². The minimum atomic E-state index is -1.35. The fraction of sp³-hybridized carbons (Fsp3) is 0.638. The standard InChI is InChI=1S/C16H26N3O6P.C16H26N3O5PS.C16H25N2O7P.C16H25N2O6P.C15H25N2O5P.C15H25N2O4PS/c1-9(20)17-7-10-8-19(16(24)18-14(10)23)15-13(22)12(21)11(25-15)5-6-26(2,3)4;1-9(20)17-7-10-8-19(16(26)18-14(10)23)15-13(22)12(21)11(24-15)5-6-25(2,3)4;1-9(19)8-24-11-7-18(16(23)17-14(11)22)15-13(21)12(20)10(25-15)5-6-26(2,3)4;1-9(19)7-10-8-18(16(23)17-14(10)22)15-13(21)12(20)11(24-15)5-6-25(2,3)4;1-5-9-8-17(15(21)16-13(9)20)14-12(19)11(18)10(22-14)6-7-23(2,3)4;1-5-9-8-17(15(23)16-13(9)20)14-12(19)11(18)10(21-14)6-7-22(2,3)4/h8,11-13,15,21-22H,2,5-7H2,1,3-4H3,(H,17,20)(H,18,23,24);8,11-13,15,21-22H,2,5-7H2,1,3-4H3,(H,17,20)(H,18,23,26);7,10,12-13,15,20-21H,2,5-6,8H2,1,3-4H3,(H,17,22,23);8,11-13,15,20-21H,2,5-7H2,1,3-4H3,(H,17,22,23);8,10-12,14,18-19H,2,5-7H2,1,3-4H3,(H,16,20,21);8,10-12,14,18-19H,2,5-7H2,1,3-4H3,(H,16,20,23)/t2*11?,12-,13-,15?;10?,12-,13-,15?;11?,12-,13-,15?;2*10?,11-,12-,14?/m111111/s1. The van der Waals surface area contributed by atoms with Gasteiger partial charge in [-0.05, 0) is 207 Å². The largest absolute Gasteiger partial charge is 0.479 e. The molecular weight excluding hydrogens is 2100 g/mol. The number of nitrogens with zero attached hydrogens (tertiary/aromatic N) is 6. The summed E-state index contributed by atoms with van der Waals surface area (Å²) in [6.07, 6.45) is 17.9. The summed E-state index contributed by atoms with van der Waals surface area (Å²) in [6, 6.07) is 0. The number of carbonyl (C=O) groups is 4. The molecule has 12 heterocycles. The monoisotopic (exact) mass is 2250 g/mol. The third kappa shape index (κ3) is 37.4. The number of ether oxygens (including phenoxy) is 7. The Balaban J connectivity index is 0.000000242. The molecule has 12 unspecified atom stereocenters. The molecule has 0 aromatic carbocycles. The minimum absolute atomic E-state index is 0.0231. The van der Waals surface area contributed by atoms with E-state index in [0.717, 1.165) is 61.4 Å². The highest BCUT2D eigenvalue weighted by Crippen LogP contribution is 2.46. The fourth-order valence-corrected chi connectivity index (χ4v) is 22.4. The van der Waals surface area contributed by atoms with E-state index in [2.05, 4.69) is 145 Å². The van der Waals surface area contributed by atoms with Gasteiger partial charge in [0.2, 0.25) is 17.6 Å². The molecule has 6 aliphatic rings. The molecule has 2 amide bonds. The molecule has 6 aromatic heterocycles. The quantitative estimate of drug-likeness (QED) is 0.0164. The van der Waals surface area contributed by atoms with Gasteiger partial charge in [-0.25, -0.2) is 19.2 Å². The lowest BCUT2D eigenvalue weighted by atomic mass is 10.1. The second kappa shape index (κ2) is 54.4. The first-order valence-corrected chi connectivity index (χ1v) is 67.2. The number of aryl methyl sites for hydroxylation is 2. The van der Waals surface area contributed by atoms with Crippen LogP contribution >= 0.6 is 65.8 Å². The first kappa shape index (κ1) is 128. The van der Waals surface area contributed by atoms with Crippen molar-refractivity contribution in [2.75, 3.05) is 124 Å². The summed E-state index contributed by atoms with van der Waals surface area (Å²) in [5, 5.41) is 128. The maximum atomic E-state index is 12.1. The molecule has 149 heavy (non-hydrogen) atoms. The zero-order valence-electron chi connectivity index (χ0n) is 87.4. The van der Waals surface area contributed by atoms with Crippen LogP contribution in [0.25, 0.3) is 0 Å². The minimum Gasteiger partial charge on any atom is -0.479 e. The van der Waals surface area contributed by atoms with Gasteiger partial charge < -0.3 is 105 Å². The van der Waals surface area contributed by atoms with Crippen molar-refractivity contribution < 1.29 is 114 Å². The maximum Gasteiger partial charge on any atom is 0.330 e. The van der Waals surface area contributed by atoms with Crippen LogP contribution in [0.3, 0.4) is 0 Å². The van der Waals surface area contributed by atoms with E-state index < -0.39 is 239 Å². The highest BCUT2D eigenvalue weighted by atomic mass is 32.1. The lowest BCUT2D eigenvalue weighted by Gasteiger charge is -2.20. The van der Waals surface area contributed by atoms with Gasteiger partial charge in [0.05, 0.1) is 53.9 Å². The van der Waals surface area contributed by atoms with Gasteiger partial charge in [0.25, 0.3) is 33.4 Å². The molecule has 0 spiro atoms. The van der Waals surface area contributed by atoms with E-state index in [1.54, 1.807) is 13.1 Å². The molecule has 0 saturated carbocycles. The average Bonchev–Trinajstić information content (AvgIpc) is 1.67. The number of aromatic nitrogens is 12. The predicted molar refractivity (Wildman–Crippen MR) is 589 cm³/mol. The van der Waals surface area contributed by atoms with Crippen LogP contribution in [0.5, 0.6) is 5.75 Å². The molecule has 6 fully saturated rings. The van der Waals surface area contributed by atoms with Crippen LogP contribution in [-0.4, -0.2) is 413 Å². The van der Waals surface area contributed by atoms with Crippen molar-refractivity contribution in [1.29, 1.82) is 0 Å². The Morgan fingerprint density at radius 1 is 0.315 bits per heavy atom. The Hall–Kier alpha value is -7.92. The molecule has 12 rings (SSSR count). The SMILES string of the molecule is C=P(C)(C)CCC1OC(n2cc(CC(C)=O)c(=O)[nH]c2=O)[C@H](O)[C@@H]1O.C=P(C)(C)CCC1OC(n2cc(CC)c(=O)[nH]c2=O)[C@H](O)[C@@H]1O.C=P(C)(C)CCC1OC(n2cc(CC)c(=O)[nH]c2=S)[C@H](O)[C@@H]1O.C=P(C)(C)CCC1OC(n2cc(CNC(C)=O)c(=O)[nH]c2=O)[C@H](O)[C@@H]1O.C=P(C)(C)CCC1OC(n2cc(CNC(C)=O)c(=O)[nH]c2=S)[C@H](O)[C@@H]1O.C=P(C)(C)CCC1OC(n2cc(OCC(C)=O)c(=O)[nH]c2=O)[C@H](O)[C@@H]1O. The summed E-state index contributed by atoms with van der Waals surface area (Å²) >= 11 is 10.3. The van der Waals surface area contributed by atoms with Crippen molar-refractivity contribution in [1.82, 2.24) is 67.9 Å². The van der Waals surface area contributed by atoms with Crippen LogP contribution in [0.2, 0.25) is 0 Å². The third-order valence-corrected chi connectivity index (χ3v) is 34.1. The van der Waals surface area contributed by atoms with Crippen molar-refractivity contribution in [3.8, 4) is 5.75 Å². The topological polar surface area (TPSA) is 695 Å². The summed E-state index contributed by atoms with van der Waals surface area (Å²) in [5.41, 5.74) is -4.68. The molecule has 0 bridgehead atoms. The first-order chi connectivity index (χ1) is 68.7. The van der Waals surface area contributed by atoms with Crippen LogP contribution < -0.4 is 71.5 Å². The van der Waals surface area contributed by atoms with Gasteiger partial charge >= 0.3 is 22.8 Å². The van der Waals surface area contributed by atoms with Crippen molar-refractivity contribution >= 4 is 127 Å². The van der Waals surface area contributed by atoms with E-state index >= 15 is 0 Å². The molecule has 838 valence electrons. The molecule has 20 N–H and O–H groups in total. The lowest BCUT2D eigenvalue weighted by molar-refractivity contribution is -0.120. The number of H-pyrrole nitrogens is 6. The number of ketones is 2. The number of Topliss-reactive ketones (excluding diaryl/α,β-unsaturated/α-hetero) is 2. The van der Waals surface area contributed by atoms with Crippen LogP contribution in [0, 0.1) is 9.54 Å². The van der Waals surface area contributed by atoms with Crippen LogP contribution in [0.15, 0.2) is 85.1 Å². The Morgan fingerprint density at radius 3 is 0.772 bits per heavy atom. The van der Waals surface area contributed by atoms with Crippen LogP contribution in [0.1, 0.15) is 145 Å². The molecule has 47 nitrogen and oxygen atoms in total. The summed E-state index contributed by atoms with van der Waals surface area (Å²) in [6.45, 7) is 25.7. The summed E-state index contributed by atoms with van der Waals surface area (Å²) in [5.74, 6) is -1.38. The Kier molecular flexibility index (Phi) is 46.8. The zero-order valence-corrected chi connectivity index (χ0v) is 94.4. The Morgan fingerprint density at radius 2 is 0.523 bits per heavy atom. The molecule has 6 aromatic rings. The van der Waals surface area contributed by atoms with Crippen LogP contribution in [-0.2, 0) is 80.0 Å². The van der Waals surface area contributed by atoms with Crippen molar-refractivity contribution in [3.63, 3.8) is 0 Å². The number of nitrogens with one attached hydrogen (secondary N) is 8. The number of hydrogen-bond acceptors (Lipinski definition) is 35. The van der Waals surface area contributed by atoms with E-state index in [4.69, 9.17) is 57.6 Å². The summed E-state index contributed by atoms with van der Waals surface area (Å²) < 4.78 is 46.9. The molecule has 0 aliphatic carbocycles. The third-order valence-electron chi connectivity index (χ3n) is 24.6. The van der Waals surface area contributed by atoms with Gasteiger partial charge in [-0.2, -0.15) is 0 Å². The van der Waals surface area contributed by atoms with Gasteiger partial charge in [0.1, 0.15) is 85.6 Å². The maximum absolute atomic E-state index is 12.1. The molecule has 55 heteroatoms. The molecule has 6 aliphatic heterocycles. The average molecular weight is 2260 g/mol. The smallest absolute Gasteiger partial charge is 0.330 e. The Labute approximate surface area is 871 Å². The number of rotatable bonds is 35. The molecule has 0 radical (unpaired) electrons. The number of amides is 2. The van der Waals surface area contributed by atoms with Gasteiger partial charge in [0, 0.05) is 81.0 Å². The second-order valence-electron chi connectivity index (χ2n) is 42.1. The number of carbonyl (C=O) groups excluding carboxylic acids is 4. The summed E-state index contributed by atoms with van der Waals surface area (Å²) in [7, 11) is 0. The van der Waals surface area contributed by atoms with Crippen molar-refractivity contribution in [2.45, 2.75) is 260 Å². The highest BCUT2D eigenvalue weighted by molar-refractivity contribution is 7.74. The Bertz CT molecular complexity index is 6340. The molecular formula is C94H152N14O33P6S2. The molecule has 24 atom stereocenters. The normalized spacial score (nSPS) is 26.8. The lowest BCUT2D eigenvalue weighted by Crippen LogP contribution is -2.39. The van der Waals surface area contributed by atoms with Gasteiger partial charge in [0.15, 0.2) is 52.7 Å². The molecule has 6 saturated heterocycles. The number of aromatic amines is 6. The van der Waals surface area contributed by atoms with E-state index in [1.807, 2.05) is 20.3 Å². The van der Waals surface area contributed by atoms with E-state index in [1.165, 1.54) is 61.6 Å². The zero-order chi connectivity index (χ0) is 113. The van der Waals surface area contributed by atoms with Gasteiger partial charge in [-0.15, -0.1) is 79.1 Å². The van der Waals surface area contributed by atoms with E-state index in [9.17, 15) is 128 Å². The second-order valence-corrected chi connectivity index (χ2v) is 68.8. The number of aliphatic hydroxyl groups excluding tert-OH is 12. The van der Waals surface area contributed by atoms with E-state index in [-0.39, 0.29) is 87.0 Å². The number of hydrogen-bond donors (Lipinski definition) is 20. The fourth-order valence-electron chi connectivity index (χ4n) is 16.2. The predicted octanol–water partition coefficient (Wildman–Crippen LogP) is -1.23. The van der Waals surface area contributed by atoms with Gasteiger partial charge in [-0.1, -0.05) is 13.8 Å². The van der Waals surface area contributed by atoms with Crippen molar-refractivity contribution in [2.24, 2.45) is 0 Å². The van der Waals surface area contributed by atoms with E-state index in [0.29, 0.717) is 62.5 Å². The summed E-state index contributed by atoms with van der Waals surface area (Å²) in [4.78, 5) is 177. The van der Waals surface area contributed by atoms with Gasteiger partial charge in [-0.3, -0.25) is 105 Å². The number of aliphatic hydroxyl groups is 12. The first-order valence-electron chi connectivity index (χ1n) is 48.1.